The van der Waals surface area contributed by atoms with E-state index in [9.17, 15) is 5.11 Å². The molecule has 0 spiro atoms. The van der Waals surface area contributed by atoms with E-state index < -0.39 is 0 Å². The van der Waals surface area contributed by atoms with Crippen molar-refractivity contribution in [3.8, 4) is 0 Å². The third kappa shape index (κ3) is 2.66. The van der Waals surface area contributed by atoms with Crippen LogP contribution >= 0.6 is 0 Å². The first-order valence-electron chi connectivity index (χ1n) is 5.30. The molecule has 0 aromatic rings. The molecule has 1 fully saturated rings. The van der Waals surface area contributed by atoms with Crippen molar-refractivity contribution >= 4 is 0 Å². The third-order valence-corrected chi connectivity index (χ3v) is 3.17. The van der Waals surface area contributed by atoms with Crippen molar-refractivity contribution in [3.05, 3.63) is 0 Å². The van der Waals surface area contributed by atoms with Gasteiger partial charge in [0, 0.05) is 18.6 Å². The fraction of sp³-hybridized carbons (Fsp3) is 1.00. The van der Waals surface area contributed by atoms with Gasteiger partial charge in [-0.05, 0) is 33.2 Å². The number of aliphatic hydroxyl groups excluding tert-OH is 1. The van der Waals surface area contributed by atoms with Gasteiger partial charge in [-0.25, -0.2) is 0 Å². The lowest BCUT2D eigenvalue weighted by Gasteiger charge is -2.40. The van der Waals surface area contributed by atoms with E-state index in [1.54, 1.807) is 0 Å². The Morgan fingerprint density at radius 2 is 2.15 bits per heavy atom. The first kappa shape index (κ1) is 11.0. The summed E-state index contributed by atoms with van der Waals surface area (Å²) in [7, 11) is 0. The summed E-state index contributed by atoms with van der Waals surface area (Å²) in [5.41, 5.74) is 5.71. The summed E-state index contributed by atoms with van der Waals surface area (Å²) in [6, 6.07) is 0.729. The number of piperidine rings is 1. The van der Waals surface area contributed by atoms with E-state index in [1.807, 2.05) is 6.92 Å². The van der Waals surface area contributed by atoms with Gasteiger partial charge in [0.25, 0.3) is 0 Å². The molecule has 3 heteroatoms. The summed E-state index contributed by atoms with van der Waals surface area (Å²) in [5.74, 6) is 0. The van der Waals surface area contributed by atoms with Gasteiger partial charge in [0.2, 0.25) is 0 Å². The second kappa shape index (κ2) is 4.94. The highest BCUT2D eigenvalue weighted by molar-refractivity contribution is 4.83. The van der Waals surface area contributed by atoms with Gasteiger partial charge in [0.05, 0.1) is 6.10 Å². The molecule has 0 aliphatic carbocycles. The van der Waals surface area contributed by atoms with E-state index in [0.29, 0.717) is 6.04 Å². The minimum atomic E-state index is -0.257. The molecule has 3 unspecified atom stereocenters. The second-order valence-electron chi connectivity index (χ2n) is 4.10. The van der Waals surface area contributed by atoms with E-state index in [-0.39, 0.29) is 12.1 Å². The lowest BCUT2D eigenvalue weighted by atomic mass is 9.99. The molecule has 0 saturated carbocycles. The van der Waals surface area contributed by atoms with Gasteiger partial charge in [0.1, 0.15) is 0 Å². The van der Waals surface area contributed by atoms with Crippen LogP contribution in [0.2, 0.25) is 0 Å². The van der Waals surface area contributed by atoms with Gasteiger partial charge in [-0.1, -0.05) is 6.42 Å². The Bertz CT molecular complexity index is 148. The number of hydrogen-bond acceptors (Lipinski definition) is 3. The van der Waals surface area contributed by atoms with Crippen molar-refractivity contribution in [2.75, 3.05) is 13.1 Å². The van der Waals surface area contributed by atoms with Crippen molar-refractivity contribution < 1.29 is 5.11 Å². The maximum Gasteiger partial charge on any atom is 0.0664 e. The average molecular weight is 186 g/mol. The Morgan fingerprint density at radius 3 is 2.69 bits per heavy atom. The molecule has 3 atom stereocenters. The molecule has 1 aliphatic rings. The Labute approximate surface area is 80.9 Å². The molecule has 13 heavy (non-hydrogen) atoms. The maximum atomic E-state index is 9.50. The number of rotatable bonds is 3. The van der Waals surface area contributed by atoms with E-state index in [4.69, 9.17) is 5.73 Å². The van der Waals surface area contributed by atoms with Crippen LogP contribution in [-0.4, -0.2) is 41.3 Å². The van der Waals surface area contributed by atoms with E-state index in [2.05, 4.69) is 11.8 Å². The van der Waals surface area contributed by atoms with Crippen molar-refractivity contribution in [2.24, 2.45) is 5.73 Å². The van der Waals surface area contributed by atoms with Crippen LogP contribution in [0.1, 0.15) is 33.1 Å². The second-order valence-corrected chi connectivity index (χ2v) is 4.10. The molecule has 1 saturated heterocycles. The number of hydrogen-bond donors (Lipinski definition) is 2. The summed E-state index contributed by atoms with van der Waals surface area (Å²) in [4.78, 5) is 2.36. The molecule has 1 rings (SSSR count). The predicted molar refractivity (Wildman–Crippen MR) is 54.5 cm³/mol. The fourth-order valence-corrected chi connectivity index (χ4v) is 2.09. The molecule has 3 nitrogen and oxygen atoms in total. The molecule has 3 N–H and O–H groups in total. The van der Waals surface area contributed by atoms with Crippen molar-refractivity contribution in [2.45, 2.75) is 51.3 Å². The van der Waals surface area contributed by atoms with Gasteiger partial charge < -0.3 is 10.8 Å². The lowest BCUT2D eigenvalue weighted by molar-refractivity contribution is 0.0277. The summed E-state index contributed by atoms with van der Waals surface area (Å²) >= 11 is 0. The molecule has 0 amide bonds. The van der Waals surface area contributed by atoms with Crippen LogP contribution in [0.25, 0.3) is 0 Å². The molecule has 0 radical (unpaired) electrons. The topological polar surface area (TPSA) is 49.5 Å². The molecular weight excluding hydrogens is 164 g/mol. The first-order valence-corrected chi connectivity index (χ1v) is 5.30. The largest absolute Gasteiger partial charge is 0.392 e. The van der Waals surface area contributed by atoms with E-state index >= 15 is 0 Å². The van der Waals surface area contributed by atoms with Crippen molar-refractivity contribution in [1.82, 2.24) is 4.90 Å². The summed E-state index contributed by atoms with van der Waals surface area (Å²) in [6.45, 7) is 5.75. The smallest absolute Gasteiger partial charge is 0.0664 e. The van der Waals surface area contributed by atoms with Crippen molar-refractivity contribution in [1.29, 1.82) is 0 Å². The lowest BCUT2D eigenvalue weighted by Crippen LogP contribution is -2.51. The van der Waals surface area contributed by atoms with Gasteiger partial charge in [-0.15, -0.1) is 0 Å². The first-order chi connectivity index (χ1) is 6.16. The third-order valence-electron chi connectivity index (χ3n) is 3.17. The quantitative estimate of drug-likeness (QED) is 0.677. The van der Waals surface area contributed by atoms with Crippen LogP contribution < -0.4 is 5.73 Å². The maximum absolute atomic E-state index is 9.50. The van der Waals surface area contributed by atoms with Gasteiger partial charge in [-0.3, -0.25) is 4.90 Å². The van der Waals surface area contributed by atoms with Gasteiger partial charge in [0.15, 0.2) is 0 Å². The monoisotopic (exact) mass is 186 g/mol. The average Bonchev–Trinajstić information content (AvgIpc) is 2.16. The number of nitrogens with two attached hydrogens (primary N) is 1. The zero-order valence-electron chi connectivity index (χ0n) is 8.74. The van der Waals surface area contributed by atoms with Crippen molar-refractivity contribution in [3.63, 3.8) is 0 Å². The van der Waals surface area contributed by atoms with Crippen LogP contribution in [0.3, 0.4) is 0 Å². The molecule has 0 aromatic carbocycles. The van der Waals surface area contributed by atoms with Crippen LogP contribution in [0, 0.1) is 0 Å². The number of aliphatic hydroxyl groups is 1. The highest BCUT2D eigenvalue weighted by Crippen LogP contribution is 2.20. The van der Waals surface area contributed by atoms with E-state index in [0.717, 1.165) is 13.1 Å². The fourth-order valence-electron chi connectivity index (χ4n) is 2.09. The number of nitrogens with zero attached hydrogens (tertiary/aromatic N) is 1. The minimum Gasteiger partial charge on any atom is -0.392 e. The molecule has 0 bridgehead atoms. The van der Waals surface area contributed by atoms with Crippen LogP contribution in [-0.2, 0) is 0 Å². The zero-order chi connectivity index (χ0) is 9.84. The highest BCUT2D eigenvalue weighted by atomic mass is 16.3. The predicted octanol–water partition coefficient (Wildman–Crippen LogP) is 0.569. The standard InChI is InChI=1S/C10H22N2O/c1-8(9(2)13)12-6-4-3-5-10(12)7-11/h8-10,13H,3-7,11H2,1-2H3. The Morgan fingerprint density at radius 1 is 1.46 bits per heavy atom. The summed E-state index contributed by atoms with van der Waals surface area (Å²) < 4.78 is 0. The molecule has 1 aliphatic heterocycles. The summed E-state index contributed by atoms with van der Waals surface area (Å²) in [6.07, 6.45) is 3.46. The van der Waals surface area contributed by atoms with E-state index in [1.165, 1.54) is 19.3 Å². The van der Waals surface area contributed by atoms with Gasteiger partial charge >= 0.3 is 0 Å². The molecule has 1 heterocycles. The Hall–Kier alpha value is -0.120. The molecule has 78 valence electrons. The SMILES string of the molecule is CC(O)C(C)N1CCCCC1CN. The van der Waals surface area contributed by atoms with Crippen LogP contribution in [0.4, 0.5) is 0 Å². The Balaban J connectivity index is 2.53. The van der Waals surface area contributed by atoms with Crippen LogP contribution in [0.5, 0.6) is 0 Å². The zero-order valence-corrected chi connectivity index (χ0v) is 8.74. The normalized spacial score (nSPS) is 30.0. The van der Waals surface area contributed by atoms with Gasteiger partial charge in [-0.2, -0.15) is 0 Å². The molecule has 0 aromatic heterocycles. The number of likely N-dealkylation sites (tertiary alicyclic amines) is 1. The summed E-state index contributed by atoms with van der Waals surface area (Å²) in [5, 5.41) is 9.50. The minimum absolute atomic E-state index is 0.244. The highest BCUT2D eigenvalue weighted by Gasteiger charge is 2.27. The molecular formula is C10H22N2O. The Kier molecular flexibility index (Phi) is 4.16. The van der Waals surface area contributed by atoms with Crippen LogP contribution in [0.15, 0.2) is 0 Å².